The smallest absolute Gasteiger partial charge is 0.162 e. The van der Waals surface area contributed by atoms with Gasteiger partial charge in [-0.2, -0.15) is 0 Å². The maximum absolute atomic E-state index is 5.96. The Labute approximate surface area is 136 Å². The summed E-state index contributed by atoms with van der Waals surface area (Å²) in [5, 5.41) is 0. The van der Waals surface area contributed by atoms with Crippen LogP contribution >= 0.6 is 12.2 Å². The third kappa shape index (κ3) is 3.23. The maximum atomic E-state index is 5.96. The zero-order valence-electron chi connectivity index (χ0n) is 13.0. The zero-order valence-corrected chi connectivity index (χ0v) is 13.9. The van der Waals surface area contributed by atoms with E-state index in [0.29, 0.717) is 5.92 Å². The molecule has 1 aliphatic rings. The van der Waals surface area contributed by atoms with Crippen LogP contribution in [0, 0.1) is 0 Å². The van der Waals surface area contributed by atoms with Crippen LogP contribution in [0.4, 0.5) is 0 Å². The number of morpholine rings is 1. The quantitative estimate of drug-likeness (QED) is 0.797. The second-order valence-electron chi connectivity index (χ2n) is 5.85. The Bertz CT molecular complexity index is 639. The lowest BCUT2D eigenvalue weighted by molar-refractivity contribution is 0.0688. The lowest BCUT2D eigenvalue weighted by atomic mass is 10.0. The molecule has 22 heavy (non-hydrogen) atoms. The highest BCUT2D eigenvalue weighted by molar-refractivity contribution is 7.80. The summed E-state index contributed by atoms with van der Waals surface area (Å²) < 4.78 is 11.3. The summed E-state index contributed by atoms with van der Waals surface area (Å²) >= 11 is 5.54. The molecule has 1 fully saturated rings. The van der Waals surface area contributed by atoms with Gasteiger partial charge in [0.05, 0.1) is 13.2 Å². The molecule has 4 heteroatoms. The summed E-state index contributed by atoms with van der Waals surface area (Å²) in [6, 6.07) is 12.5. The largest absolute Gasteiger partial charge is 0.454 e. The Hall–Kier alpha value is -1.65. The number of hydrogen-bond donors (Lipinski definition) is 0. The Morgan fingerprint density at radius 1 is 1.05 bits per heavy atom. The van der Waals surface area contributed by atoms with Crippen molar-refractivity contribution < 1.29 is 9.15 Å². The highest BCUT2D eigenvalue weighted by atomic mass is 32.1. The first-order valence-electron chi connectivity index (χ1n) is 7.72. The number of rotatable bonds is 3. The van der Waals surface area contributed by atoms with E-state index >= 15 is 0 Å². The number of benzene rings is 1. The van der Waals surface area contributed by atoms with E-state index in [0.717, 1.165) is 48.4 Å². The molecule has 1 aromatic carbocycles. The molecule has 0 unspecified atom stereocenters. The van der Waals surface area contributed by atoms with Crippen molar-refractivity contribution in [2.75, 3.05) is 26.3 Å². The second kappa shape index (κ2) is 6.63. The summed E-state index contributed by atoms with van der Waals surface area (Å²) in [5.41, 5.74) is 2.42. The lowest BCUT2D eigenvalue weighted by Crippen LogP contribution is -2.40. The van der Waals surface area contributed by atoms with E-state index in [1.807, 2.05) is 12.1 Å². The number of furan rings is 1. The van der Waals surface area contributed by atoms with Gasteiger partial charge in [0.15, 0.2) is 5.76 Å². The molecule has 116 valence electrons. The van der Waals surface area contributed by atoms with Gasteiger partial charge in [-0.15, -0.1) is 0 Å². The Balaban J connectivity index is 1.76. The van der Waals surface area contributed by atoms with Crippen LogP contribution in [-0.4, -0.2) is 36.2 Å². The maximum Gasteiger partial charge on any atom is 0.162 e. The van der Waals surface area contributed by atoms with E-state index in [4.69, 9.17) is 21.4 Å². The van der Waals surface area contributed by atoms with Crippen LogP contribution in [0.3, 0.4) is 0 Å². The van der Waals surface area contributed by atoms with Crippen molar-refractivity contribution in [2.45, 2.75) is 19.8 Å². The van der Waals surface area contributed by atoms with Crippen molar-refractivity contribution in [1.29, 1.82) is 0 Å². The van der Waals surface area contributed by atoms with Crippen LogP contribution in [0.2, 0.25) is 0 Å². The van der Waals surface area contributed by atoms with Gasteiger partial charge in [-0.3, -0.25) is 0 Å². The Kier molecular flexibility index (Phi) is 4.60. The van der Waals surface area contributed by atoms with Crippen LogP contribution in [-0.2, 0) is 4.74 Å². The predicted molar refractivity (Wildman–Crippen MR) is 92.3 cm³/mol. The molecular formula is C18H21NO2S. The van der Waals surface area contributed by atoms with Crippen LogP contribution in [0.1, 0.15) is 31.1 Å². The van der Waals surface area contributed by atoms with E-state index in [9.17, 15) is 0 Å². The average Bonchev–Trinajstić information content (AvgIpc) is 3.05. The molecule has 0 bridgehead atoms. The third-order valence-electron chi connectivity index (χ3n) is 3.98. The second-order valence-corrected chi connectivity index (χ2v) is 6.23. The molecule has 3 nitrogen and oxygen atoms in total. The van der Waals surface area contributed by atoms with Crippen molar-refractivity contribution in [3.05, 3.63) is 47.7 Å². The molecular weight excluding hydrogens is 294 g/mol. The van der Waals surface area contributed by atoms with Gasteiger partial charge in [0.1, 0.15) is 10.7 Å². The van der Waals surface area contributed by atoms with Crippen molar-refractivity contribution in [2.24, 2.45) is 0 Å². The minimum Gasteiger partial charge on any atom is -0.454 e. The molecule has 1 aliphatic heterocycles. The zero-order chi connectivity index (χ0) is 15.5. The Morgan fingerprint density at radius 2 is 1.73 bits per heavy atom. The fraction of sp³-hybridized carbons (Fsp3) is 0.389. The average molecular weight is 315 g/mol. The summed E-state index contributed by atoms with van der Waals surface area (Å²) in [6.45, 7) is 7.51. The number of nitrogens with zero attached hydrogens (tertiary/aromatic N) is 1. The molecule has 0 spiro atoms. The van der Waals surface area contributed by atoms with Crippen LogP contribution in [0.25, 0.3) is 11.3 Å². The fourth-order valence-corrected chi connectivity index (χ4v) is 2.85. The van der Waals surface area contributed by atoms with Crippen LogP contribution in [0.5, 0.6) is 0 Å². The van der Waals surface area contributed by atoms with Crippen molar-refractivity contribution in [3.8, 4) is 11.3 Å². The minimum absolute atomic E-state index is 0.537. The molecule has 0 N–H and O–H groups in total. The monoisotopic (exact) mass is 315 g/mol. The van der Waals surface area contributed by atoms with E-state index in [1.54, 1.807) is 0 Å². The topological polar surface area (TPSA) is 25.6 Å². The van der Waals surface area contributed by atoms with Gasteiger partial charge in [0, 0.05) is 18.7 Å². The molecule has 0 aliphatic carbocycles. The SMILES string of the molecule is CC(C)c1ccc(-c2ccc(C(=S)N3CCOCC3)o2)cc1. The van der Waals surface area contributed by atoms with Gasteiger partial charge in [-0.1, -0.05) is 50.3 Å². The number of hydrogen-bond acceptors (Lipinski definition) is 3. The van der Waals surface area contributed by atoms with Gasteiger partial charge in [0.25, 0.3) is 0 Å². The molecule has 1 aromatic heterocycles. The van der Waals surface area contributed by atoms with E-state index in [2.05, 4.69) is 43.0 Å². The summed E-state index contributed by atoms with van der Waals surface area (Å²) in [5.74, 6) is 2.16. The summed E-state index contributed by atoms with van der Waals surface area (Å²) in [4.78, 5) is 2.91. The van der Waals surface area contributed by atoms with E-state index in [-0.39, 0.29) is 0 Å². The highest BCUT2D eigenvalue weighted by Crippen LogP contribution is 2.25. The first-order chi connectivity index (χ1) is 10.6. The van der Waals surface area contributed by atoms with Gasteiger partial charge < -0.3 is 14.1 Å². The number of ether oxygens (including phenoxy) is 1. The summed E-state index contributed by atoms with van der Waals surface area (Å²) in [7, 11) is 0. The molecule has 0 amide bonds. The minimum atomic E-state index is 0.537. The van der Waals surface area contributed by atoms with E-state index < -0.39 is 0 Å². The Morgan fingerprint density at radius 3 is 2.36 bits per heavy atom. The van der Waals surface area contributed by atoms with Gasteiger partial charge >= 0.3 is 0 Å². The molecule has 0 saturated carbocycles. The van der Waals surface area contributed by atoms with Gasteiger partial charge in [-0.25, -0.2) is 0 Å². The van der Waals surface area contributed by atoms with Crippen molar-refractivity contribution in [1.82, 2.24) is 4.90 Å². The van der Waals surface area contributed by atoms with Gasteiger partial charge in [-0.05, 0) is 23.6 Å². The third-order valence-corrected chi connectivity index (χ3v) is 4.44. The fourth-order valence-electron chi connectivity index (χ4n) is 2.56. The molecule has 2 heterocycles. The lowest BCUT2D eigenvalue weighted by Gasteiger charge is -2.28. The first-order valence-corrected chi connectivity index (χ1v) is 8.13. The normalized spacial score (nSPS) is 15.3. The van der Waals surface area contributed by atoms with E-state index in [1.165, 1.54) is 5.56 Å². The standard InChI is InChI=1S/C18H21NO2S/c1-13(2)14-3-5-15(6-4-14)16-7-8-17(21-16)18(22)19-9-11-20-12-10-19/h3-8,13H,9-12H2,1-2H3. The molecule has 3 rings (SSSR count). The molecule has 2 aromatic rings. The first kappa shape index (κ1) is 15.3. The number of thiocarbonyl (C=S) groups is 1. The summed E-state index contributed by atoms with van der Waals surface area (Å²) in [6.07, 6.45) is 0. The molecule has 0 atom stereocenters. The van der Waals surface area contributed by atoms with Crippen LogP contribution in [0.15, 0.2) is 40.8 Å². The van der Waals surface area contributed by atoms with Gasteiger partial charge in [0.2, 0.25) is 0 Å². The highest BCUT2D eigenvalue weighted by Gasteiger charge is 2.18. The van der Waals surface area contributed by atoms with Crippen molar-refractivity contribution in [3.63, 3.8) is 0 Å². The van der Waals surface area contributed by atoms with Crippen molar-refractivity contribution >= 4 is 17.2 Å². The van der Waals surface area contributed by atoms with Crippen LogP contribution < -0.4 is 0 Å². The predicted octanol–water partition coefficient (Wildman–Crippen LogP) is 4.08. The molecule has 1 saturated heterocycles. The molecule has 0 radical (unpaired) electrons.